The maximum absolute atomic E-state index is 5.96. The first-order valence-corrected chi connectivity index (χ1v) is 6.05. The van der Waals surface area contributed by atoms with Gasteiger partial charge in [0, 0.05) is 16.3 Å². The summed E-state index contributed by atoms with van der Waals surface area (Å²) < 4.78 is 5.77. The van der Waals surface area contributed by atoms with Crippen LogP contribution < -0.4 is 5.73 Å². The highest BCUT2D eigenvalue weighted by Crippen LogP contribution is 2.35. The zero-order chi connectivity index (χ0) is 12.7. The number of hydrogen-bond donors (Lipinski definition) is 1. The third-order valence-electron chi connectivity index (χ3n) is 3.31. The van der Waals surface area contributed by atoms with E-state index >= 15 is 0 Å². The summed E-state index contributed by atoms with van der Waals surface area (Å²) in [6, 6.07) is 10.4. The summed E-state index contributed by atoms with van der Waals surface area (Å²) in [5.74, 6) is 0.485. The van der Waals surface area contributed by atoms with Gasteiger partial charge in [-0.3, -0.25) is 0 Å². The molecule has 0 unspecified atom stereocenters. The molecule has 0 saturated carbocycles. The number of hydrogen-bond acceptors (Lipinski definition) is 2. The van der Waals surface area contributed by atoms with Crippen molar-refractivity contribution in [2.45, 2.75) is 13.8 Å². The maximum atomic E-state index is 5.96. The summed E-state index contributed by atoms with van der Waals surface area (Å²) in [5, 5.41) is 3.41. The van der Waals surface area contributed by atoms with Crippen molar-refractivity contribution in [1.82, 2.24) is 0 Å². The number of allylic oxidation sites excluding steroid dienone is 1. The second-order valence-electron chi connectivity index (χ2n) is 4.50. The molecule has 0 bridgehead atoms. The van der Waals surface area contributed by atoms with E-state index in [9.17, 15) is 0 Å². The SMILES string of the molecule is C/C=C\c1c(N)oc2c1ccc1cccc(C)c12. The van der Waals surface area contributed by atoms with Crippen molar-refractivity contribution < 1.29 is 4.42 Å². The van der Waals surface area contributed by atoms with Gasteiger partial charge in [-0.15, -0.1) is 0 Å². The molecule has 0 spiro atoms. The Balaban J connectivity index is 2.53. The number of nitrogen functional groups attached to an aromatic ring is 1. The van der Waals surface area contributed by atoms with Crippen LogP contribution in [0.5, 0.6) is 0 Å². The molecule has 0 atom stereocenters. The molecule has 0 amide bonds. The third-order valence-corrected chi connectivity index (χ3v) is 3.31. The van der Waals surface area contributed by atoms with Gasteiger partial charge in [-0.1, -0.05) is 36.4 Å². The molecule has 1 aromatic heterocycles. The summed E-state index contributed by atoms with van der Waals surface area (Å²) in [6.07, 6.45) is 3.97. The van der Waals surface area contributed by atoms with Crippen molar-refractivity contribution in [2.75, 3.05) is 5.73 Å². The van der Waals surface area contributed by atoms with E-state index in [1.54, 1.807) is 0 Å². The Morgan fingerprint density at radius 2 is 2.00 bits per heavy atom. The van der Waals surface area contributed by atoms with E-state index in [2.05, 4.69) is 37.3 Å². The molecule has 2 heteroatoms. The highest BCUT2D eigenvalue weighted by atomic mass is 16.3. The molecular weight excluding hydrogens is 222 g/mol. The standard InChI is InChI=1S/C16H15NO/c1-3-5-13-12-9-8-11-7-4-6-10(2)14(11)15(12)18-16(13)17/h3-9H,17H2,1-2H3/b5-3-. The largest absolute Gasteiger partial charge is 0.440 e. The van der Waals surface area contributed by atoms with Crippen molar-refractivity contribution in [1.29, 1.82) is 0 Å². The van der Waals surface area contributed by atoms with Crippen LogP contribution in [0.4, 0.5) is 5.88 Å². The number of fused-ring (bicyclic) bond motifs is 3. The van der Waals surface area contributed by atoms with Crippen molar-refractivity contribution in [3.05, 3.63) is 47.5 Å². The second kappa shape index (κ2) is 3.91. The van der Waals surface area contributed by atoms with E-state index in [4.69, 9.17) is 10.2 Å². The van der Waals surface area contributed by atoms with Crippen LogP contribution in [0.15, 0.2) is 40.8 Å². The first-order chi connectivity index (χ1) is 8.72. The molecule has 1 heterocycles. The second-order valence-corrected chi connectivity index (χ2v) is 4.50. The number of aryl methyl sites for hydroxylation is 1. The minimum absolute atomic E-state index is 0.485. The highest BCUT2D eigenvalue weighted by Gasteiger charge is 2.12. The van der Waals surface area contributed by atoms with Gasteiger partial charge >= 0.3 is 0 Å². The molecule has 3 aromatic rings. The molecule has 0 fully saturated rings. The predicted molar refractivity (Wildman–Crippen MR) is 77.6 cm³/mol. The molecule has 2 aromatic carbocycles. The van der Waals surface area contributed by atoms with Gasteiger partial charge in [-0.2, -0.15) is 0 Å². The van der Waals surface area contributed by atoms with Crippen LogP contribution >= 0.6 is 0 Å². The lowest BCUT2D eigenvalue weighted by Crippen LogP contribution is -1.82. The van der Waals surface area contributed by atoms with Gasteiger partial charge in [-0.25, -0.2) is 0 Å². The quantitative estimate of drug-likeness (QED) is 0.676. The van der Waals surface area contributed by atoms with Gasteiger partial charge in [0.2, 0.25) is 0 Å². The number of anilines is 1. The van der Waals surface area contributed by atoms with Crippen LogP contribution in [0.2, 0.25) is 0 Å². The number of benzene rings is 2. The Bertz CT molecular complexity index is 765. The summed E-state index contributed by atoms with van der Waals surface area (Å²) in [7, 11) is 0. The smallest absolute Gasteiger partial charge is 0.198 e. The van der Waals surface area contributed by atoms with Gasteiger partial charge in [-0.05, 0) is 30.9 Å². The van der Waals surface area contributed by atoms with Crippen molar-refractivity contribution >= 4 is 33.7 Å². The van der Waals surface area contributed by atoms with E-state index in [1.807, 2.05) is 19.1 Å². The van der Waals surface area contributed by atoms with E-state index in [1.165, 1.54) is 10.9 Å². The van der Waals surface area contributed by atoms with Crippen molar-refractivity contribution in [3.8, 4) is 0 Å². The van der Waals surface area contributed by atoms with Gasteiger partial charge < -0.3 is 10.2 Å². The molecule has 0 aliphatic heterocycles. The molecule has 0 saturated heterocycles. The Hall–Kier alpha value is -2.22. The summed E-state index contributed by atoms with van der Waals surface area (Å²) in [4.78, 5) is 0. The highest BCUT2D eigenvalue weighted by molar-refractivity contribution is 6.09. The van der Waals surface area contributed by atoms with Crippen LogP contribution in [0.3, 0.4) is 0 Å². The third kappa shape index (κ3) is 1.42. The van der Waals surface area contributed by atoms with Crippen molar-refractivity contribution in [2.24, 2.45) is 0 Å². The molecular formula is C16H15NO. The van der Waals surface area contributed by atoms with Crippen LogP contribution in [0, 0.1) is 6.92 Å². The molecule has 90 valence electrons. The number of nitrogens with two attached hydrogens (primary N) is 1. The number of rotatable bonds is 1. The lowest BCUT2D eigenvalue weighted by Gasteiger charge is -2.02. The van der Waals surface area contributed by atoms with Gasteiger partial charge in [0.25, 0.3) is 0 Å². The van der Waals surface area contributed by atoms with Crippen LogP contribution in [-0.4, -0.2) is 0 Å². The molecule has 18 heavy (non-hydrogen) atoms. The van der Waals surface area contributed by atoms with E-state index in [0.717, 1.165) is 21.9 Å². The normalized spacial score (nSPS) is 11.9. The molecule has 0 aliphatic rings. The van der Waals surface area contributed by atoms with Crippen LogP contribution in [0.25, 0.3) is 27.8 Å². The fourth-order valence-electron chi connectivity index (χ4n) is 2.48. The minimum atomic E-state index is 0.485. The van der Waals surface area contributed by atoms with Gasteiger partial charge in [0.15, 0.2) is 5.88 Å². The lowest BCUT2D eigenvalue weighted by atomic mass is 10.0. The zero-order valence-corrected chi connectivity index (χ0v) is 10.5. The Kier molecular flexibility index (Phi) is 2.37. The predicted octanol–water partition coefficient (Wildman–Crippen LogP) is 4.51. The monoisotopic (exact) mass is 237 g/mol. The Labute approximate surface area is 106 Å². The first-order valence-electron chi connectivity index (χ1n) is 6.05. The summed E-state index contributed by atoms with van der Waals surface area (Å²) >= 11 is 0. The number of furan rings is 1. The van der Waals surface area contributed by atoms with Crippen molar-refractivity contribution in [3.63, 3.8) is 0 Å². The molecule has 0 radical (unpaired) electrons. The zero-order valence-electron chi connectivity index (χ0n) is 10.5. The van der Waals surface area contributed by atoms with Crippen LogP contribution in [0.1, 0.15) is 18.1 Å². The topological polar surface area (TPSA) is 39.2 Å². The average Bonchev–Trinajstić information content (AvgIpc) is 2.67. The fourth-order valence-corrected chi connectivity index (χ4v) is 2.48. The minimum Gasteiger partial charge on any atom is -0.440 e. The van der Waals surface area contributed by atoms with E-state index < -0.39 is 0 Å². The maximum Gasteiger partial charge on any atom is 0.198 e. The Morgan fingerprint density at radius 3 is 2.78 bits per heavy atom. The van der Waals surface area contributed by atoms with Gasteiger partial charge in [0.1, 0.15) is 5.58 Å². The molecule has 2 nitrogen and oxygen atoms in total. The summed E-state index contributed by atoms with van der Waals surface area (Å²) in [5.41, 5.74) is 9.03. The van der Waals surface area contributed by atoms with E-state index in [0.29, 0.717) is 5.88 Å². The molecule has 2 N–H and O–H groups in total. The Morgan fingerprint density at radius 1 is 1.17 bits per heavy atom. The molecule has 3 rings (SSSR count). The van der Waals surface area contributed by atoms with Gasteiger partial charge in [0.05, 0.1) is 0 Å². The molecule has 0 aliphatic carbocycles. The fraction of sp³-hybridized carbons (Fsp3) is 0.125. The van der Waals surface area contributed by atoms with E-state index in [-0.39, 0.29) is 0 Å². The summed E-state index contributed by atoms with van der Waals surface area (Å²) in [6.45, 7) is 4.07. The first kappa shape index (κ1) is 10.9. The van der Waals surface area contributed by atoms with Crippen LogP contribution in [-0.2, 0) is 0 Å². The average molecular weight is 237 g/mol. The lowest BCUT2D eigenvalue weighted by molar-refractivity contribution is 0.640.